The first-order valence-electron chi connectivity index (χ1n) is 9.47. The predicted molar refractivity (Wildman–Crippen MR) is 118 cm³/mol. The third kappa shape index (κ3) is 3.41. The van der Waals surface area contributed by atoms with Crippen LogP contribution in [-0.2, 0) is 0 Å². The number of hydrogen-bond donors (Lipinski definition) is 1. The van der Waals surface area contributed by atoms with Crippen molar-refractivity contribution in [1.82, 2.24) is 0 Å². The second kappa shape index (κ2) is 7.94. The Bertz CT molecular complexity index is 1020. The van der Waals surface area contributed by atoms with Crippen LogP contribution in [0, 0.1) is 6.92 Å². The smallest absolute Gasteiger partial charge is 0.119 e. The minimum Gasteiger partial charge on any atom is -0.497 e. The van der Waals surface area contributed by atoms with Crippen molar-refractivity contribution in [3.8, 4) is 5.75 Å². The summed E-state index contributed by atoms with van der Waals surface area (Å²) in [5, 5.41) is 9.86. The molecule has 0 saturated carbocycles. The molecule has 3 aromatic carbocycles. The third-order valence-corrected chi connectivity index (χ3v) is 5.96. The highest BCUT2D eigenvalue weighted by Gasteiger charge is 2.33. The summed E-state index contributed by atoms with van der Waals surface area (Å²) in [6.45, 7) is 2.23. The van der Waals surface area contributed by atoms with E-state index in [9.17, 15) is 5.11 Å². The standard InChI is InChI=1S/C25H23BrO2/c1-16-3-5-17(6-4-16)24-21-12-11-20(28-2)15-23(21)25(22(24)13-14-27)18-7-9-19(26)10-8-18/h3-12,15,25,27H,13-14H2,1-2H3. The maximum absolute atomic E-state index is 9.86. The lowest BCUT2D eigenvalue weighted by molar-refractivity contribution is 0.298. The van der Waals surface area contributed by atoms with Crippen LogP contribution in [0.25, 0.3) is 5.57 Å². The van der Waals surface area contributed by atoms with Crippen molar-refractivity contribution < 1.29 is 9.84 Å². The molecule has 4 rings (SSSR count). The van der Waals surface area contributed by atoms with Gasteiger partial charge in [-0.25, -0.2) is 0 Å². The molecule has 142 valence electrons. The molecule has 1 aliphatic carbocycles. The summed E-state index contributed by atoms with van der Waals surface area (Å²) >= 11 is 3.54. The molecular formula is C25H23BrO2. The number of aryl methyl sites for hydroxylation is 1. The zero-order valence-electron chi connectivity index (χ0n) is 16.1. The molecule has 0 aliphatic heterocycles. The van der Waals surface area contributed by atoms with Gasteiger partial charge < -0.3 is 9.84 Å². The molecule has 1 N–H and O–H groups in total. The number of rotatable bonds is 5. The van der Waals surface area contributed by atoms with Gasteiger partial charge >= 0.3 is 0 Å². The highest BCUT2D eigenvalue weighted by atomic mass is 79.9. The zero-order valence-corrected chi connectivity index (χ0v) is 17.7. The van der Waals surface area contributed by atoms with Crippen molar-refractivity contribution >= 4 is 21.5 Å². The van der Waals surface area contributed by atoms with E-state index in [-0.39, 0.29) is 12.5 Å². The van der Waals surface area contributed by atoms with Gasteiger partial charge in [0.25, 0.3) is 0 Å². The van der Waals surface area contributed by atoms with Crippen LogP contribution in [-0.4, -0.2) is 18.8 Å². The molecule has 0 saturated heterocycles. The lowest BCUT2D eigenvalue weighted by atomic mass is 9.86. The summed E-state index contributed by atoms with van der Waals surface area (Å²) in [7, 11) is 1.70. The lowest BCUT2D eigenvalue weighted by Crippen LogP contribution is -2.03. The molecule has 0 fully saturated rings. The Kier molecular flexibility index (Phi) is 5.38. The molecule has 1 atom stereocenters. The van der Waals surface area contributed by atoms with Crippen molar-refractivity contribution in [2.24, 2.45) is 0 Å². The van der Waals surface area contributed by atoms with Crippen LogP contribution in [0.4, 0.5) is 0 Å². The van der Waals surface area contributed by atoms with Crippen molar-refractivity contribution in [2.45, 2.75) is 19.3 Å². The van der Waals surface area contributed by atoms with Crippen molar-refractivity contribution in [3.63, 3.8) is 0 Å². The Morgan fingerprint density at radius 1 is 0.964 bits per heavy atom. The van der Waals surface area contributed by atoms with Crippen LogP contribution >= 0.6 is 15.9 Å². The van der Waals surface area contributed by atoms with Crippen molar-refractivity contribution in [2.75, 3.05) is 13.7 Å². The van der Waals surface area contributed by atoms with Gasteiger partial charge in [0.2, 0.25) is 0 Å². The van der Waals surface area contributed by atoms with Crippen molar-refractivity contribution in [1.29, 1.82) is 0 Å². The molecule has 2 nitrogen and oxygen atoms in total. The Morgan fingerprint density at radius 2 is 1.68 bits per heavy atom. The topological polar surface area (TPSA) is 29.5 Å². The maximum atomic E-state index is 9.86. The Labute approximate surface area is 174 Å². The second-order valence-electron chi connectivity index (χ2n) is 7.18. The molecule has 1 unspecified atom stereocenters. The van der Waals surface area contributed by atoms with E-state index in [0.29, 0.717) is 6.42 Å². The van der Waals surface area contributed by atoms with Crippen LogP contribution in [0.15, 0.2) is 76.8 Å². The number of benzene rings is 3. The first-order chi connectivity index (χ1) is 13.6. The Hall–Kier alpha value is -2.36. The normalized spacial score (nSPS) is 15.6. The third-order valence-electron chi connectivity index (χ3n) is 5.43. The average Bonchev–Trinajstić information content (AvgIpc) is 3.02. The first-order valence-corrected chi connectivity index (χ1v) is 10.3. The maximum Gasteiger partial charge on any atom is 0.119 e. The van der Waals surface area contributed by atoms with Gasteiger partial charge in [-0.3, -0.25) is 0 Å². The van der Waals surface area contributed by atoms with Gasteiger partial charge in [-0.05, 0) is 71.0 Å². The predicted octanol–water partition coefficient (Wildman–Crippen LogP) is 6.10. The van der Waals surface area contributed by atoms with Crippen LogP contribution in [0.1, 0.15) is 40.2 Å². The summed E-state index contributed by atoms with van der Waals surface area (Å²) in [5.41, 5.74) is 8.62. The number of aliphatic hydroxyl groups is 1. The molecule has 0 heterocycles. The summed E-state index contributed by atoms with van der Waals surface area (Å²) < 4.78 is 6.58. The van der Waals surface area contributed by atoms with E-state index in [1.807, 2.05) is 6.07 Å². The van der Waals surface area contributed by atoms with Gasteiger partial charge in [0.05, 0.1) is 7.11 Å². The van der Waals surface area contributed by atoms with Gasteiger partial charge in [-0.15, -0.1) is 0 Å². The zero-order chi connectivity index (χ0) is 19.7. The summed E-state index contributed by atoms with van der Waals surface area (Å²) in [6, 6.07) is 23.4. The van der Waals surface area contributed by atoms with E-state index >= 15 is 0 Å². The fourth-order valence-corrected chi connectivity index (χ4v) is 4.39. The average molecular weight is 435 g/mol. The summed E-state index contributed by atoms with van der Waals surface area (Å²) in [5.74, 6) is 0.969. The van der Waals surface area contributed by atoms with Gasteiger partial charge in [0.1, 0.15) is 5.75 Å². The van der Waals surface area contributed by atoms with Crippen LogP contribution in [0.3, 0.4) is 0 Å². The van der Waals surface area contributed by atoms with Crippen molar-refractivity contribution in [3.05, 3.63) is 105 Å². The number of ether oxygens (including phenoxy) is 1. The van der Waals surface area contributed by atoms with E-state index in [0.717, 1.165) is 10.2 Å². The number of methoxy groups -OCH3 is 1. The van der Waals surface area contributed by atoms with E-state index < -0.39 is 0 Å². The fraction of sp³-hybridized carbons (Fsp3) is 0.200. The van der Waals surface area contributed by atoms with Gasteiger partial charge in [-0.1, -0.05) is 64.0 Å². The minimum absolute atomic E-state index is 0.113. The Balaban J connectivity index is 1.97. The molecule has 3 heteroatoms. The monoisotopic (exact) mass is 434 g/mol. The van der Waals surface area contributed by atoms with E-state index in [1.54, 1.807) is 7.11 Å². The quantitative estimate of drug-likeness (QED) is 0.525. The molecule has 0 amide bonds. The molecule has 3 aromatic rings. The molecule has 0 aromatic heterocycles. The number of aliphatic hydroxyl groups excluding tert-OH is 1. The highest BCUT2D eigenvalue weighted by Crippen LogP contribution is 2.50. The molecule has 28 heavy (non-hydrogen) atoms. The molecule has 0 bridgehead atoms. The van der Waals surface area contributed by atoms with Crippen LogP contribution in [0.2, 0.25) is 0 Å². The Morgan fingerprint density at radius 3 is 2.32 bits per heavy atom. The fourth-order valence-electron chi connectivity index (χ4n) is 4.13. The first kappa shape index (κ1) is 19.0. The number of fused-ring (bicyclic) bond motifs is 1. The molecule has 0 spiro atoms. The van der Waals surface area contributed by atoms with E-state index in [4.69, 9.17) is 4.74 Å². The SMILES string of the molecule is COc1ccc2c(c1)C(c1ccc(Br)cc1)C(CCO)=C2c1ccc(C)cc1. The van der Waals surface area contributed by atoms with E-state index in [1.165, 1.54) is 39.0 Å². The van der Waals surface area contributed by atoms with Crippen LogP contribution in [0.5, 0.6) is 5.75 Å². The summed E-state index contributed by atoms with van der Waals surface area (Å²) in [6.07, 6.45) is 0.640. The molecular weight excluding hydrogens is 412 g/mol. The van der Waals surface area contributed by atoms with Crippen LogP contribution < -0.4 is 4.74 Å². The second-order valence-corrected chi connectivity index (χ2v) is 8.09. The number of hydrogen-bond acceptors (Lipinski definition) is 2. The lowest BCUT2D eigenvalue weighted by Gasteiger charge is -2.18. The van der Waals surface area contributed by atoms with Gasteiger partial charge in [0.15, 0.2) is 0 Å². The largest absolute Gasteiger partial charge is 0.497 e. The number of halogens is 1. The molecule has 0 radical (unpaired) electrons. The van der Waals surface area contributed by atoms with Gasteiger partial charge in [-0.2, -0.15) is 0 Å². The van der Waals surface area contributed by atoms with Gasteiger partial charge in [0, 0.05) is 17.0 Å². The molecule has 1 aliphatic rings. The summed E-state index contributed by atoms with van der Waals surface area (Å²) in [4.78, 5) is 0. The highest BCUT2D eigenvalue weighted by molar-refractivity contribution is 9.10. The minimum atomic E-state index is 0.113. The van der Waals surface area contributed by atoms with E-state index in [2.05, 4.69) is 83.5 Å².